The van der Waals surface area contributed by atoms with Crippen LogP contribution >= 0.6 is 0 Å². The van der Waals surface area contributed by atoms with Gasteiger partial charge in [-0.3, -0.25) is 0 Å². The fourth-order valence-corrected chi connectivity index (χ4v) is 3.42. The van der Waals surface area contributed by atoms with Gasteiger partial charge in [0.2, 0.25) is 0 Å². The third-order valence-electron chi connectivity index (χ3n) is 4.72. The minimum absolute atomic E-state index is 0.139. The standard InChI is InChI=1S/C20H23F5N4O2/c1-19(2,3)31-18(30)26-9-12-8-15-16(10-27-29(15)17(21)22)28(11-12)14-6-4-13(5-7-14)20(23,24)25/h4-7,10,12,17H,8-9,11H2,1-3H3,(H,26,30). The summed E-state index contributed by atoms with van der Waals surface area (Å²) < 4.78 is 71.2. The number of halogens is 5. The third-order valence-corrected chi connectivity index (χ3v) is 4.72. The molecule has 0 saturated heterocycles. The van der Waals surface area contributed by atoms with E-state index in [0.717, 1.165) is 12.1 Å². The molecule has 11 heteroatoms. The van der Waals surface area contributed by atoms with Gasteiger partial charge in [-0.25, -0.2) is 9.48 Å². The highest BCUT2D eigenvalue weighted by Crippen LogP contribution is 2.38. The summed E-state index contributed by atoms with van der Waals surface area (Å²) >= 11 is 0. The van der Waals surface area contributed by atoms with Crippen molar-refractivity contribution in [2.75, 3.05) is 18.0 Å². The van der Waals surface area contributed by atoms with Crippen LogP contribution in [0.15, 0.2) is 30.5 Å². The number of carbonyl (C=O) groups excluding carboxylic acids is 1. The SMILES string of the molecule is CC(C)(C)OC(=O)NCC1Cc2c(cnn2C(F)F)N(c2ccc(C(F)(F)F)cc2)C1. The Kier molecular flexibility index (Phi) is 6.15. The van der Waals surface area contributed by atoms with Gasteiger partial charge in [-0.1, -0.05) is 0 Å². The van der Waals surface area contributed by atoms with Crippen LogP contribution < -0.4 is 10.2 Å². The van der Waals surface area contributed by atoms with Gasteiger partial charge in [0.1, 0.15) is 5.60 Å². The monoisotopic (exact) mass is 446 g/mol. The third kappa shape index (κ3) is 5.45. The van der Waals surface area contributed by atoms with E-state index in [1.54, 1.807) is 25.7 Å². The molecule has 1 amide bonds. The molecule has 31 heavy (non-hydrogen) atoms. The first-order chi connectivity index (χ1) is 14.3. The zero-order valence-electron chi connectivity index (χ0n) is 17.2. The second kappa shape index (κ2) is 8.35. The molecule has 0 spiro atoms. The Morgan fingerprint density at radius 2 is 1.87 bits per heavy atom. The number of amides is 1. The van der Waals surface area contributed by atoms with Gasteiger partial charge < -0.3 is 15.0 Å². The highest BCUT2D eigenvalue weighted by atomic mass is 19.4. The van der Waals surface area contributed by atoms with Crippen LogP contribution in [-0.4, -0.2) is 34.6 Å². The van der Waals surface area contributed by atoms with Crippen LogP contribution in [0.4, 0.5) is 38.1 Å². The predicted molar refractivity (Wildman–Crippen MR) is 103 cm³/mol. The minimum Gasteiger partial charge on any atom is -0.444 e. The molecule has 1 aromatic carbocycles. The number of ether oxygens (including phenoxy) is 1. The van der Waals surface area contributed by atoms with E-state index in [1.165, 1.54) is 18.3 Å². The molecule has 1 aliphatic heterocycles. The molecule has 0 saturated carbocycles. The Balaban J connectivity index is 1.84. The first kappa shape index (κ1) is 22.8. The van der Waals surface area contributed by atoms with E-state index in [4.69, 9.17) is 4.74 Å². The minimum atomic E-state index is -4.48. The average molecular weight is 446 g/mol. The molecule has 2 aromatic rings. The van der Waals surface area contributed by atoms with Gasteiger partial charge in [0, 0.05) is 18.8 Å². The van der Waals surface area contributed by atoms with Gasteiger partial charge in [0.15, 0.2) is 0 Å². The highest BCUT2D eigenvalue weighted by molar-refractivity contribution is 5.68. The number of nitrogens with one attached hydrogen (secondary N) is 1. The van der Waals surface area contributed by atoms with Crippen LogP contribution in [0.5, 0.6) is 0 Å². The molecule has 1 unspecified atom stereocenters. The summed E-state index contributed by atoms with van der Waals surface area (Å²) in [5.74, 6) is -0.295. The number of alkyl carbamates (subject to hydrolysis) is 1. The normalized spacial score (nSPS) is 16.9. The number of hydrogen-bond acceptors (Lipinski definition) is 4. The summed E-state index contributed by atoms with van der Waals surface area (Å²) in [6.45, 7) is 2.71. The molecule has 1 aromatic heterocycles. The molecular formula is C20H23F5N4O2. The Morgan fingerprint density at radius 1 is 1.23 bits per heavy atom. The highest BCUT2D eigenvalue weighted by Gasteiger charge is 2.33. The zero-order valence-corrected chi connectivity index (χ0v) is 17.2. The summed E-state index contributed by atoms with van der Waals surface area (Å²) in [5.41, 5.74) is -0.444. The lowest BCUT2D eigenvalue weighted by molar-refractivity contribution is -0.137. The largest absolute Gasteiger partial charge is 0.444 e. The van der Waals surface area contributed by atoms with Crippen molar-refractivity contribution in [3.63, 3.8) is 0 Å². The number of nitrogens with zero attached hydrogens (tertiary/aromatic N) is 3. The number of hydrogen-bond donors (Lipinski definition) is 1. The Bertz CT molecular complexity index is 919. The van der Waals surface area contributed by atoms with Gasteiger partial charge in [0.05, 0.1) is 23.1 Å². The molecule has 0 fully saturated rings. The topological polar surface area (TPSA) is 59.4 Å². The number of aromatic nitrogens is 2. The maximum absolute atomic E-state index is 13.4. The van der Waals surface area contributed by atoms with Crippen LogP contribution in [-0.2, 0) is 17.3 Å². The van der Waals surface area contributed by atoms with Crippen LogP contribution in [0, 0.1) is 5.92 Å². The fraction of sp³-hybridized carbons (Fsp3) is 0.500. The van der Waals surface area contributed by atoms with Gasteiger partial charge in [-0.2, -0.15) is 27.1 Å². The molecule has 2 heterocycles. The number of fused-ring (bicyclic) bond motifs is 1. The van der Waals surface area contributed by atoms with E-state index >= 15 is 0 Å². The van der Waals surface area contributed by atoms with Crippen molar-refractivity contribution in [3.8, 4) is 0 Å². The summed E-state index contributed by atoms with van der Waals surface area (Å²) in [7, 11) is 0. The summed E-state index contributed by atoms with van der Waals surface area (Å²) in [5, 5.41) is 6.37. The Labute approximate surface area is 176 Å². The van der Waals surface area contributed by atoms with Crippen molar-refractivity contribution in [2.45, 2.75) is 45.5 Å². The van der Waals surface area contributed by atoms with Crippen LogP contribution in [0.2, 0.25) is 0 Å². The van der Waals surface area contributed by atoms with Crippen molar-refractivity contribution in [1.29, 1.82) is 0 Å². The second-order valence-electron chi connectivity index (χ2n) is 8.31. The maximum atomic E-state index is 13.4. The quantitative estimate of drug-likeness (QED) is 0.662. The molecule has 170 valence electrons. The molecule has 1 aliphatic rings. The van der Waals surface area contributed by atoms with Crippen LogP contribution in [0.1, 0.15) is 38.6 Å². The first-order valence-electron chi connectivity index (χ1n) is 9.61. The first-order valence-corrected chi connectivity index (χ1v) is 9.61. The van der Waals surface area contributed by atoms with E-state index in [0.29, 0.717) is 22.6 Å². The molecule has 1 N–H and O–H groups in total. The van der Waals surface area contributed by atoms with Crippen molar-refractivity contribution >= 4 is 17.5 Å². The average Bonchev–Trinajstić information content (AvgIpc) is 3.08. The summed E-state index contributed by atoms with van der Waals surface area (Å²) in [6.07, 6.45) is -3.63. The van der Waals surface area contributed by atoms with E-state index in [1.807, 2.05) is 0 Å². The molecule has 0 radical (unpaired) electrons. The van der Waals surface area contributed by atoms with Gasteiger partial charge in [-0.15, -0.1) is 0 Å². The molecule has 0 bridgehead atoms. The number of carbonyl (C=O) groups is 1. The van der Waals surface area contributed by atoms with Crippen LogP contribution in [0.25, 0.3) is 0 Å². The molecule has 3 rings (SSSR count). The van der Waals surface area contributed by atoms with E-state index in [-0.39, 0.29) is 24.6 Å². The number of alkyl halides is 5. The summed E-state index contributed by atoms with van der Waals surface area (Å²) in [6, 6.07) is 4.45. The van der Waals surface area contributed by atoms with Gasteiger partial charge >= 0.3 is 18.8 Å². The van der Waals surface area contributed by atoms with Gasteiger partial charge in [0.25, 0.3) is 0 Å². The van der Waals surface area contributed by atoms with Crippen molar-refractivity contribution in [1.82, 2.24) is 15.1 Å². The maximum Gasteiger partial charge on any atom is 0.416 e. The second-order valence-corrected chi connectivity index (χ2v) is 8.31. The van der Waals surface area contributed by atoms with E-state index in [9.17, 15) is 26.7 Å². The van der Waals surface area contributed by atoms with E-state index in [2.05, 4.69) is 10.4 Å². The van der Waals surface area contributed by atoms with Gasteiger partial charge in [-0.05, 0) is 57.4 Å². The molecule has 0 aliphatic carbocycles. The lowest BCUT2D eigenvalue weighted by Gasteiger charge is -2.34. The predicted octanol–water partition coefficient (Wildman–Crippen LogP) is 5.13. The lowest BCUT2D eigenvalue weighted by Crippen LogP contribution is -2.41. The number of rotatable bonds is 4. The smallest absolute Gasteiger partial charge is 0.416 e. The molecule has 1 atom stereocenters. The Hall–Kier alpha value is -2.85. The van der Waals surface area contributed by atoms with Crippen LogP contribution in [0.3, 0.4) is 0 Å². The fourth-order valence-electron chi connectivity index (χ4n) is 3.42. The lowest BCUT2D eigenvalue weighted by atomic mass is 9.96. The molecular weight excluding hydrogens is 423 g/mol. The van der Waals surface area contributed by atoms with Crippen molar-refractivity contribution in [2.24, 2.45) is 5.92 Å². The molecule has 6 nitrogen and oxygen atoms in total. The number of anilines is 2. The van der Waals surface area contributed by atoms with Crippen molar-refractivity contribution < 1.29 is 31.5 Å². The zero-order chi connectivity index (χ0) is 23.0. The number of benzene rings is 1. The van der Waals surface area contributed by atoms with E-state index < -0.39 is 30.0 Å². The summed E-state index contributed by atoms with van der Waals surface area (Å²) in [4.78, 5) is 13.6. The Morgan fingerprint density at radius 3 is 2.42 bits per heavy atom. The van der Waals surface area contributed by atoms with Crippen molar-refractivity contribution in [3.05, 3.63) is 41.7 Å².